The standard InChI is InChI=1S/C28H20N6O2/c1-33-28(36)24(23(19-11-5-2-6-12-19)25(32-33)20-13-7-3-8-14-20)27(35)31-26-21(17-29)18-30-34(26)22-15-9-4-10-16-22/h2-16,18H,1H3,(H,31,35). The summed E-state index contributed by atoms with van der Waals surface area (Å²) in [7, 11) is 1.51. The third-order valence-electron chi connectivity index (χ3n) is 5.70. The number of nitriles is 1. The monoisotopic (exact) mass is 472 g/mol. The van der Waals surface area contributed by atoms with Gasteiger partial charge < -0.3 is 5.32 Å². The summed E-state index contributed by atoms with van der Waals surface area (Å²) < 4.78 is 2.62. The molecule has 1 amide bonds. The number of nitrogens with one attached hydrogen (secondary N) is 1. The molecule has 0 aliphatic rings. The highest BCUT2D eigenvalue weighted by Crippen LogP contribution is 2.32. The van der Waals surface area contributed by atoms with Crippen LogP contribution in [0.4, 0.5) is 5.82 Å². The Bertz CT molecular complexity index is 1650. The van der Waals surface area contributed by atoms with E-state index >= 15 is 0 Å². The first kappa shape index (κ1) is 22.5. The van der Waals surface area contributed by atoms with Crippen molar-refractivity contribution in [3.63, 3.8) is 0 Å². The van der Waals surface area contributed by atoms with E-state index in [1.54, 1.807) is 12.1 Å². The van der Waals surface area contributed by atoms with Crippen molar-refractivity contribution in [3.8, 4) is 34.1 Å². The van der Waals surface area contributed by atoms with Gasteiger partial charge in [-0.2, -0.15) is 15.5 Å². The second kappa shape index (κ2) is 9.52. The molecule has 2 aromatic heterocycles. The molecule has 0 unspecified atom stereocenters. The number of nitrogens with zero attached hydrogens (tertiary/aromatic N) is 5. The van der Waals surface area contributed by atoms with Gasteiger partial charge in [0.25, 0.3) is 11.5 Å². The van der Waals surface area contributed by atoms with Gasteiger partial charge in [0.2, 0.25) is 0 Å². The van der Waals surface area contributed by atoms with Crippen LogP contribution in [0.1, 0.15) is 15.9 Å². The molecule has 0 radical (unpaired) electrons. The summed E-state index contributed by atoms with van der Waals surface area (Å²) in [5.74, 6) is -0.490. The fourth-order valence-corrected chi connectivity index (χ4v) is 4.01. The first-order valence-corrected chi connectivity index (χ1v) is 11.2. The molecule has 5 rings (SSSR count). The Labute approximate surface area is 206 Å². The van der Waals surface area contributed by atoms with Crippen molar-refractivity contribution < 1.29 is 4.79 Å². The van der Waals surface area contributed by atoms with Crippen molar-refractivity contribution >= 4 is 11.7 Å². The van der Waals surface area contributed by atoms with Crippen LogP contribution in [0.15, 0.2) is 102 Å². The topological polar surface area (TPSA) is 106 Å². The molecule has 0 aliphatic heterocycles. The Balaban J connectivity index is 1.72. The van der Waals surface area contributed by atoms with Crippen LogP contribution in [-0.2, 0) is 7.05 Å². The molecule has 1 N–H and O–H groups in total. The average molecular weight is 473 g/mol. The number of hydrogen-bond donors (Lipinski definition) is 1. The van der Waals surface area contributed by atoms with Crippen LogP contribution in [0, 0.1) is 11.3 Å². The smallest absolute Gasteiger partial charge is 0.280 e. The summed E-state index contributed by atoms with van der Waals surface area (Å²) in [6.07, 6.45) is 1.38. The highest BCUT2D eigenvalue weighted by atomic mass is 16.2. The second-order valence-corrected chi connectivity index (χ2v) is 7.98. The van der Waals surface area contributed by atoms with Gasteiger partial charge in [0.05, 0.1) is 17.6 Å². The van der Waals surface area contributed by atoms with Gasteiger partial charge in [0, 0.05) is 18.2 Å². The molecular weight excluding hydrogens is 452 g/mol. The van der Waals surface area contributed by atoms with E-state index in [0.29, 0.717) is 22.5 Å². The fraction of sp³-hybridized carbons (Fsp3) is 0.0357. The first-order chi connectivity index (χ1) is 17.6. The number of amides is 1. The number of rotatable bonds is 5. The van der Waals surface area contributed by atoms with E-state index in [1.165, 1.54) is 17.9 Å². The lowest BCUT2D eigenvalue weighted by atomic mass is 9.95. The van der Waals surface area contributed by atoms with Crippen molar-refractivity contribution in [2.24, 2.45) is 7.05 Å². The van der Waals surface area contributed by atoms with Crippen molar-refractivity contribution in [2.75, 3.05) is 5.32 Å². The Morgan fingerprint density at radius 1 is 0.889 bits per heavy atom. The summed E-state index contributed by atoms with van der Waals surface area (Å²) in [6, 6.07) is 29.7. The van der Waals surface area contributed by atoms with Gasteiger partial charge in [-0.3, -0.25) is 9.59 Å². The fourth-order valence-electron chi connectivity index (χ4n) is 4.01. The molecule has 0 fully saturated rings. The van der Waals surface area contributed by atoms with Crippen molar-refractivity contribution in [3.05, 3.63) is 119 Å². The van der Waals surface area contributed by atoms with Crippen molar-refractivity contribution in [1.29, 1.82) is 5.26 Å². The van der Waals surface area contributed by atoms with E-state index in [1.807, 2.05) is 78.9 Å². The van der Waals surface area contributed by atoms with Gasteiger partial charge in [-0.15, -0.1) is 0 Å². The molecule has 8 nitrogen and oxygen atoms in total. The zero-order chi connectivity index (χ0) is 25.1. The van der Waals surface area contributed by atoms with Crippen molar-refractivity contribution in [2.45, 2.75) is 0 Å². The molecule has 36 heavy (non-hydrogen) atoms. The molecule has 8 heteroatoms. The van der Waals surface area contributed by atoms with Gasteiger partial charge >= 0.3 is 0 Å². The first-order valence-electron chi connectivity index (χ1n) is 11.2. The summed E-state index contributed by atoms with van der Waals surface area (Å²) in [5, 5.41) is 21.2. The molecule has 0 bridgehead atoms. The minimum absolute atomic E-state index is 0.0812. The zero-order valence-electron chi connectivity index (χ0n) is 19.3. The third-order valence-corrected chi connectivity index (χ3v) is 5.70. The summed E-state index contributed by atoms with van der Waals surface area (Å²) in [4.78, 5) is 27.2. The summed E-state index contributed by atoms with van der Waals surface area (Å²) >= 11 is 0. The van der Waals surface area contributed by atoms with Crippen LogP contribution in [0.5, 0.6) is 0 Å². The van der Waals surface area contributed by atoms with Crippen molar-refractivity contribution in [1.82, 2.24) is 19.6 Å². The number of anilines is 1. The third kappa shape index (κ3) is 4.06. The minimum atomic E-state index is -0.664. The normalized spacial score (nSPS) is 10.6. The van der Waals surface area contributed by atoms with Crippen LogP contribution >= 0.6 is 0 Å². The van der Waals surface area contributed by atoms with E-state index in [4.69, 9.17) is 0 Å². The highest BCUT2D eigenvalue weighted by Gasteiger charge is 2.26. The van der Waals surface area contributed by atoms with Crippen LogP contribution < -0.4 is 10.9 Å². The van der Waals surface area contributed by atoms with Crippen LogP contribution in [0.3, 0.4) is 0 Å². The van der Waals surface area contributed by atoms with Gasteiger partial charge in [-0.05, 0) is 17.7 Å². The SMILES string of the molecule is Cn1nc(-c2ccccc2)c(-c2ccccc2)c(C(=O)Nc2c(C#N)cnn2-c2ccccc2)c1=O. The van der Waals surface area contributed by atoms with Gasteiger partial charge in [0.1, 0.15) is 17.2 Å². The molecule has 0 saturated carbocycles. The van der Waals surface area contributed by atoms with E-state index in [9.17, 15) is 14.9 Å². The van der Waals surface area contributed by atoms with Gasteiger partial charge in [0.15, 0.2) is 5.82 Å². The zero-order valence-corrected chi connectivity index (χ0v) is 19.3. The minimum Gasteiger partial charge on any atom is -0.305 e. The lowest BCUT2D eigenvalue weighted by molar-refractivity contribution is 0.102. The molecule has 2 heterocycles. The Hall–Kier alpha value is -5.29. The molecule has 0 spiro atoms. The average Bonchev–Trinajstić information content (AvgIpc) is 3.33. The molecular formula is C28H20N6O2. The van der Waals surface area contributed by atoms with E-state index in [0.717, 1.165) is 10.2 Å². The Morgan fingerprint density at radius 2 is 1.47 bits per heavy atom. The Morgan fingerprint density at radius 3 is 2.08 bits per heavy atom. The number of carbonyl (C=O) groups is 1. The summed E-state index contributed by atoms with van der Waals surface area (Å²) in [5.41, 5.74) is 2.51. The molecule has 3 aromatic carbocycles. The van der Waals surface area contributed by atoms with Gasteiger partial charge in [-0.1, -0.05) is 78.9 Å². The quantitative estimate of drug-likeness (QED) is 0.408. The van der Waals surface area contributed by atoms with E-state index < -0.39 is 11.5 Å². The van der Waals surface area contributed by atoms with E-state index in [-0.39, 0.29) is 16.9 Å². The highest BCUT2D eigenvalue weighted by molar-refractivity contribution is 6.10. The van der Waals surface area contributed by atoms with Crippen LogP contribution in [0.2, 0.25) is 0 Å². The number of carbonyl (C=O) groups excluding carboxylic acids is 1. The largest absolute Gasteiger partial charge is 0.305 e. The molecule has 0 aliphatic carbocycles. The number of benzene rings is 3. The molecule has 174 valence electrons. The molecule has 0 atom stereocenters. The van der Waals surface area contributed by atoms with Crippen LogP contribution in [0.25, 0.3) is 28.1 Å². The summed E-state index contributed by atoms with van der Waals surface area (Å²) in [6.45, 7) is 0. The maximum absolute atomic E-state index is 13.8. The van der Waals surface area contributed by atoms with E-state index in [2.05, 4.69) is 21.6 Å². The predicted octanol–water partition coefficient (Wildman–Crippen LogP) is 4.42. The molecule has 0 saturated heterocycles. The lowest BCUT2D eigenvalue weighted by Gasteiger charge is -2.16. The predicted molar refractivity (Wildman–Crippen MR) is 137 cm³/mol. The number of hydrogen-bond acceptors (Lipinski definition) is 5. The Kier molecular flexibility index (Phi) is 5.95. The number of para-hydroxylation sites is 1. The number of aryl methyl sites for hydroxylation is 1. The number of aromatic nitrogens is 4. The lowest BCUT2D eigenvalue weighted by Crippen LogP contribution is -2.31. The second-order valence-electron chi connectivity index (χ2n) is 7.98. The van der Waals surface area contributed by atoms with Crippen LogP contribution in [-0.4, -0.2) is 25.5 Å². The maximum atomic E-state index is 13.8. The van der Waals surface area contributed by atoms with Gasteiger partial charge in [-0.25, -0.2) is 9.36 Å². The molecule has 5 aromatic rings. The maximum Gasteiger partial charge on any atom is 0.280 e.